The van der Waals surface area contributed by atoms with Crippen molar-refractivity contribution in [3.8, 4) is 0 Å². The van der Waals surface area contributed by atoms with Gasteiger partial charge in [-0.2, -0.15) is 0 Å². The molecule has 1 saturated carbocycles. The highest BCUT2D eigenvalue weighted by molar-refractivity contribution is 8.01. The second kappa shape index (κ2) is 26.4. The number of carbonyl (C=O) groups is 5. The van der Waals surface area contributed by atoms with Crippen LogP contribution >= 0.6 is 11.8 Å². The molecule has 3 atom stereocenters. The summed E-state index contributed by atoms with van der Waals surface area (Å²) in [6, 6.07) is 8.15. The van der Waals surface area contributed by atoms with Crippen molar-refractivity contribution in [2.75, 3.05) is 57.5 Å². The molecule has 3 heterocycles. The minimum absolute atomic E-state index is 0.00353. The second-order valence-corrected chi connectivity index (χ2v) is 18.0. The molecule has 5 N–H and O–H groups in total. The van der Waals surface area contributed by atoms with E-state index in [0.29, 0.717) is 31.5 Å². The number of imide groups is 1. The summed E-state index contributed by atoms with van der Waals surface area (Å²) in [7, 11) is 0. The van der Waals surface area contributed by atoms with Gasteiger partial charge in [-0.3, -0.25) is 28.9 Å². The van der Waals surface area contributed by atoms with Crippen LogP contribution in [0.15, 0.2) is 24.3 Å². The number of ether oxygens (including phenoxy) is 2. The van der Waals surface area contributed by atoms with E-state index >= 15 is 0 Å². The third kappa shape index (κ3) is 15.5. The number of fused-ring (bicyclic) bond motifs is 3. The van der Waals surface area contributed by atoms with Crippen molar-refractivity contribution in [3.05, 3.63) is 30.1 Å². The van der Waals surface area contributed by atoms with Crippen molar-refractivity contribution in [2.24, 2.45) is 5.92 Å². The number of nitrogen functional groups attached to an aromatic ring is 1. The largest absolute Gasteiger partial charge is 0.382 e. The first-order valence-corrected chi connectivity index (χ1v) is 24.2. The summed E-state index contributed by atoms with van der Waals surface area (Å²) in [5.74, 6) is 1.06. The predicted molar refractivity (Wildman–Crippen MR) is 244 cm³/mol. The van der Waals surface area contributed by atoms with Crippen LogP contribution in [0.1, 0.15) is 122 Å². The van der Waals surface area contributed by atoms with Crippen LogP contribution < -0.4 is 21.7 Å². The zero-order valence-electron chi connectivity index (χ0n) is 37.1. The van der Waals surface area contributed by atoms with E-state index in [1.807, 2.05) is 18.2 Å². The molecule has 1 aromatic carbocycles. The van der Waals surface area contributed by atoms with Crippen LogP contribution in [0.3, 0.4) is 0 Å². The molecule has 62 heavy (non-hydrogen) atoms. The summed E-state index contributed by atoms with van der Waals surface area (Å²) in [4.78, 5) is 73.9. The van der Waals surface area contributed by atoms with Gasteiger partial charge in [0, 0.05) is 63.3 Å². The van der Waals surface area contributed by atoms with E-state index in [1.165, 1.54) is 50.3 Å². The molecule has 2 aromatic heterocycles. The number of imidazole rings is 1. The number of amides is 5. The van der Waals surface area contributed by atoms with Gasteiger partial charge in [-0.1, -0.05) is 83.4 Å². The number of nitrogens with one attached hydrogen (secondary N) is 3. The Morgan fingerprint density at radius 2 is 1.56 bits per heavy atom. The van der Waals surface area contributed by atoms with Gasteiger partial charge in [0.05, 0.1) is 48.5 Å². The molecule has 2 aliphatic rings. The van der Waals surface area contributed by atoms with Crippen LogP contribution in [0, 0.1) is 5.92 Å². The minimum atomic E-state index is -0.608. The highest BCUT2D eigenvalue weighted by Gasteiger charge is 2.39. The number of hydrogen-bond donors (Lipinski definition) is 4. The number of aromatic nitrogens is 3. The van der Waals surface area contributed by atoms with E-state index in [1.54, 1.807) is 0 Å². The summed E-state index contributed by atoms with van der Waals surface area (Å²) in [5, 5.41) is 9.36. The molecule has 1 aliphatic carbocycles. The van der Waals surface area contributed by atoms with Gasteiger partial charge < -0.3 is 35.7 Å². The van der Waals surface area contributed by atoms with Crippen molar-refractivity contribution in [1.82, 2.24) is 35.4 Å². The lowest BCUT2D eigenvalue weighted by molar-refractivity contribution is -0.138. The average Bonchev–Trinajstić information content (AvgIpc) is 3.74. The molecular formula is C46H70N8O7S. The Morgan fingerprint density at radius 3 is 2.37 bits per heavy atom. The van der Waals surface area contributed by atoms with Gasteiger partial charge in [0.2, 0.25) is 29.5 Å². The maximum atomic E-state index is 13.0. The van der Waals surface area contributed by atoms with E-state index in [-0.39, 0.29) is 86.9 Å². The van der Waals surface area contributed by atoms with Crippen molar-refractivity contribution in [2.45, 2.75) is 141 Å². The number of unbranched alkanes of at least 4 members (excludes halogenated alkanes) is 2. The number of anilines is 1. The van der Waals surface area contributed by atoms with Gasteiger partial charge in [-0.25, -0.2) is 9.97 Å². The van der Waals surface area contributed by atoms with Crippen molar-refractivity contribution >= 4 is 69.1 Å². The zero-order valence-corrected chi connectivity index (χ0v) is 37.9. The van der Waals surface area contributed by atoms with Crippen LogP contribution in [0.25, 0.3) is 21.9 Å². The lowest BCUT2D eigenvalue weighted by Gasteiger charge is -2.22. The molecule has 5 amide bonds. The molecule has 2 fully saturated rings. The van der Waals surface area contributed by atoms with Crippen LogP contribution in [0.2, 0.25) is 0 Å². The summed E-state index contributed by atoms with van der Waals surface area (Å²) in [6.45, 7) is 7.22. The molecule has 0 spiro atoms. The summed E-state index contributed by atoms with van der Waals surface area (Å²) in [5.41, 5.74) is 8.96. The summed E-state index contributed by atoms with van der Waals surface area (Å²) < 4.78 is 13.4. The number of carbonyl (C=O) groups excluding carboxylic acids is 5. The summed E-state index contributed by atoms with van der Waals surface area (Å²) in [6.07, 6.45) is 15.5. The number of nitrogens with zero attached hydrogens (tertiary/aromatic N) is 4. The summed E-state index contributed by atoms with van der Waals surface area (Å²) >= 11 is 1.21. The maximum Gasteiger partial charge on any atom is 0.242 e. The Bertz CT molecular complexity index is 1920. The van der Waals surface area contributed by atoms with Gasteiger partial charge in [-0.05, 0) is 44.1 Å². The molecule has 0 bridgehead atoms. The van der Waals surface area contributed by atoms with E-state index in [2.05, 4.69) is 45.4 Å². The Hall–Kier alpha value is -4.28. The highest BCUT2D eigenvalue weighted by atomic mass is 32.2. The fourth-order valence-electron chi connectivity index (χ4n) is 8.34. The Morgan fingerprint density at radius 1 is 0.839 bits per heavy atom. The molecule has 342 valence electrons. The van der Waals surface area contributed by atoms with E-state index in [0.717, 1.165) is 90.6 Å². The molecule has 0 radical (unpaired) electrons. The highest BCUT2D eigenvalue weighted by Crippen LogP contribution is 2.30. The van der Waals surface area contributed by atoms with Crippen LogP contribution in [-0.2, 0) is 46.4 Å². The quantitative estimate of drug-likeness (QED) is 0.0623. The molecule has 15 nitrogen and oxygen atoms in total. The minimum Gasteiger partial charge on any atom is -0.382 e. The topological polar surface area (TPSA) is 200 Å². The number of nitrogens with two attached hydrogens (primary N) is 1. The molecule has 1 saturated heterocycles. The van der Waals surface area contributed by atoms with Gasteiger partial charge >= 0.3 is 0 Å². The number of benzene rings is 1. The van der Waals surface area contributed by atoms with E-state index < -0.39 is 5.25 Å². The second-order valence-electron chi connectivity index (χ2n) is 16.8. The van der Waals surface area contributed by atoms with E-state index in [4.69, 9.17) is 20.2 Å². The maximum absolute atomic E-state index is 13.0. The predicted octanol–water partition coefficient (Wildman–Crippen LogP) is 5.84. The molecule has 1 aliphatic heterocycles. The first-order valence-electron chi connectivity index (χ1n) is 23.1. The van der Waals surface area contributed by atoms with Crippen molar-refractivity contribution in [3.63, 3.8) is 0 Å². The van der Waals surface area contributed by atoms with Crippen LogP contribution in [0.4, 0.5) is 5.82 Å². The molecular weight excluding hydrogens is 809 g/mol. The number of pyridine rings is 1. The van der Waals surface area contributed by atoms with Crippen LogP contribution in [-0.4, -0.2) is 112 Å². The number of para-hydroxylation sites is 1. The van der Waals surface area contributed by atoms with Crippen molar-refractivity contribution < 1.29 is 33.4 Å². The Kier molecular flexibility index (Phi) is 20.7. The molecule has 5 rings (SSSR count). The van der Waals surface area contributed by atoms with E-state index in [9.17, 15) is 24.0 Å². The SMILES string of the molecule is CCCCc1nc2c(N)nc3ccccc3c2n1CCCCNC(=O)CCOCCOCCNC(=O)CCN1C(=O)CC(SCC(=O)NC2CCCCCCCCC(C)C2)C1=O. The lowest BCUT2D eigenvalue weighted by Crippen LogP contribution is -2.38. The van der Waals surface area contributed by atoms with Gasteiger partial charge in [-0.15, -0.1) is 11.8 Å². The normalized spacial score (nSPS) is 18.9. The first-order chi connectivity index (χ1) is 30.1. The van der Waals surface area contributed by atoms with Gasteiger partial charge in [0.15, 0.2) is 5.82 Å². The molecule has 3 aromatic rings. The fourth-order valence-corrected chi connectivity index (χ4v) is 9.31. The van der Waals surface area contributed by atoms with Crippen molar-refractivity contribution in [1.29, 1.82) is 0 Å². The monoisotopic (exact) mass is 879 g/mol. The third-order valence-corrected chi connectivity index (χ3v) is 12.9. The van der Waals surface area contributed by atoms with Crippen LogP contribution in [0.5, 0.6) is 0 Å². The van der Waals surface area contributed by atoms with Gasteiger partial charge in [0.1, 0.15) is 11.3 Å². The standard InChI is InChI=1S/C46H70N8O7S/c1-3-4-19-38-52-43-44(35-17-11-12-18-36(35)51-45(43)47)53(38)24-14-13-22-48-40(56)21-26-60-28-29-61-27-23-49-39(55)20-25-54-42(58)31-37(46(54)59)62-32-41(57)50-34-16-10-8-6-5-7-9-15-33(2)30-34/h11-12,17-18,33-34,37H,3-10,13-16,19-32H2,1-2H3,(H2,47,51)(H,48,56)(H,49,55)(H,50,57). The number of rotatable bonds is 24. The first kappa shape index (κ1) is 48.7. The zero-order chi connectivity index (χ0) is 44.1. The lowest BCUT2D eigenvalue weighted by atomic mass is 9.94. The number of thioether (sulfide) groups is 1. The number of aryl methyl sites for hydroxylation is 2. The molecule has 3 unspecified atom stereocenters. The smallest absolute Gasteiger partial charge is 0.242 e. The Labute approximate surface area is 371 Å². The third-order valence-electron chi connectivity index (χ3n) is 11.7. The Balaban J connectivity index is 0.869. The number of likely N-dealkylation sites (tertiary alicyclic amines) is 1. The fraction of sp³-hybridized carbons (Fsp3) is 0.674. The number of hydrogen-bond acceptors (Lipinski definition) is 11. The van der Waals surface area contributed by atoms with Gasteiger partial charge in [0.25, 0.3) is 0 Å². The molecule has 16 heteroatoms. The average molecular weight is 879 g/mol.